The van der Waals surface area contributed by atoms with E-state index in [2.05, 4.69) is 26.4 Å². The summed E-state index contributed by atoms with van der Waals surface area (Å²) in [6.45, 7) is 2.02. The standard InChI is InChI=1S/C25H20BrN3O5S/c1-16-15-29(22-4-2-3-5-23(22)33-16)35(31,32)20-12-10-19(11-13-20)27-25(30)21-14-24(34-28-21)17-6-8-18(26)9-7-17/h2-14,16H,15H2,1H3,(H,27,30)/t16-/m1/s1. The molecule has 0 aliphatic carbocycles. The number of nitrogens with one attached hydrogen (secondary N) is 1. The maximum atomic E-state index is 13.4. The van der Waals surface area contributed by atoms with Gasteiger partial charge in [0.05, 0.1) is 17.1 Å². The van der Waals surface area contributed by atoms with E-state index in [1.807, 2.05) is 31.2 Å². The lowest BCUT2D eigenvalue weighted by atomic mass is 10.1. The fourth-order valence-corrected chi connectivity index (χ4v) is 5.56. The van der Waals surface area contributed by atoms with Crippen molar-refractivity contribution in [1.29, 1.82) is 0 Å². The van der Waals surface area contributed by atoms with E-state index in [-0.39, 0.29) is 23.2 Å². The van der Waals surface area contributed by atoms with Gasteiger partial charge in [0.1, 0.15) is 11.9 Å². The third-order valence-electron chi connectivity index (χ3n) is 5.46. The number of sulfonamides is 1. The topological polar surface area (TPSA) is 102 Å². The minimum atomic E-state index is -3.83. The Kier molecular flexibility index (Phi) is 6.08. The molecule has 1 aliphatic rings. The molecule has 0 radical (unpaired) electrons. The van der Waals surface area contributed by atoms with Crippen LogP contribution in [0.25, 0.3) is 11.3 Å². The number of hydrogen-bond acceptors (Lipinski definition) is 6. The second-order valence-electron chi connectivity index (χ2n) is 7.99. The quantitative estimate of drug-likeness (QED) is 0.358. The van der Waals surface area contributed by atoms with Gasteiger partial charge in [-0.1, -0.05) is 45.4 Å². The van der Waals surface area contributed by atoms with Gasteiger partial charge in [-0.2, -0.15) is 0 Å². The maximum Gasteiger partial charge on any atom is 0.277 e. The van der Waals surface area contributed by atoms with E-state index in [1.54, 1.807) is 30.3 Å². The lowest BCUT2D eigenvalue weighted by Crippen LogP contribution is -2.42. The molecule has 1 aliphatic heterocycles. The van der Waals surface area contributed by atoms with Gasteiger partial charge in [0.2, 0.25) is 0 Å². The van der Waals surface area contributed by atoms with E-state index >= 15 is 0 Å². The first kappa shape index (κ1) is 23.1. The Labute approximate surface area is 210 Å². The van der Waals surface area contributed by atoms with Crippen LogP contribution < -0.4 is 14.4 Å². The van der Waals surface area contributed by atoms with Gasteiger partial charge in [-0.3, -0.25) is 9.10 Å². The summed E-state index contributed by atoms with van der Waals surface area (Å²) in [6, 6.07) is 22.0. The maximum absolute atomic E-state index is 13.4. The molecule has 1 aromatic heterocycles. The molecule has 0 saturated carbocycles. The molecule has 1 atom stereocenters. The van der Waals surface area contributed by atoms with Crippen molar-refractivity contribution in [3.8, 4) is 17.1 Å². The van der Waals surface area contributed by atoms with Crippen LogP contribution in [-0.4, -0.2) is 32.1 Å². The molecule has 4 aromatic rings. The zero-order valence-corrected chi connectivity index (χ0v) is 20.9. The van der Waals surface area contributed by atoms with Gasteiger partial charge in [-0.15, -0.1) is 0 Å². The van der Waals surface area contributed by atoms with E-state index in [1.165, 1.54) is 28.6 Å². The normalized spacial score (nSPS) is 15.3. The first-order chi connectivity index (χ1) is 16.8. The summed E-state index contributed by atoms with van der Waals surface area (Å²) in [4.78, 5) is 12.7. The van der Waals surface area contributed by atoms with E-state index in [4.69, 9.17) is 9.26 Å². The molecule has 2 heterocycles. The van der Waals surface area contributed by atoms with Gasteiger partial charge in [-0.05, 0) is 55.5 Å². The molecule has 10 heteroatoms. The van der Waals surface area contributed by atoms with Crippen molar-refractivity contribution in [2.75, 3.05) is 16.2 Å². The number of hydrogen-bond donors (Lipinski definition) is 1. The average Bonchev–Trinajstić information content (AvgIpc) is 3.35. The minimum absolute atomic E-state index is 0.110. The number of para-hydroxylation sites is 2. The van der Waals surface area contributed by atoms with Crippen molar-refractivity contribution in [2.24, 2.45) is 0 Å². The Bertz CT molecular complexity index is 1480. The van der Waals surface area contributed by atoms with Crippen molar-refractivity contribution >= 4 is 43.2 Å². The highest BCUT2D eigenvalue weighted by molar-refractivity contribution is 9.10. The zero-order valence-electron chi connectivity index (χ0n) is 18.5. The van der Waals surface area contributed by atoms with Crippen LogP contribution >= 0.6 is 15.9 Å². The van der Waals surface area contributed by atoms with E-state index < -0.39 is 15.9 Å². The molecule has 3 aromatic carbocycles. The highest BCUT2D eigenvalue weighted by Crippen LogP contribution is 2.36. The van der Waals surface area contributed by atoms with Gasteiger partial charge in [-0.25, -0.2) is 8.42 Å². The molecule has 178 valence electrons. The van der Waals surface area contributed by atoms with E-state index in [9.17, 15) is 13.2 Å². The molecular formula is C25H20BrN3O5S. The number of aromatic nitrogens is 1. The first-order valence-corrected chi connectivity index (χ1v) is 13.0. The summed E-state index contributed by atoms with van der Waals surface area (Å²) >= 11 is 3.38. The van der Waals surface area contributed by atoms with Crippen molar-refractivity contribution in [1.82, 2.24) is 5.16 Å². The predicted octanol–water partition coefficient (Wildman–Crippen LogP) is 5.33. The number of carbonyl (C=O) groups is 1. The van der Waals surface area contributed by atoms with Gasteiger partial charge in [0, 0.05) is 21.8 Å². The first-order valence-electron chi connectivity index (χ1n) is 10.7. The molecule has 0 fully saturated rings. The van der Waals surface area contributed by atoms with Crippen molar-refractivity contribution in [3.05, 3.63) is 89.0 Å². The van der Waals surface area contributed by atoms with Crippen LogP contribution in [0.15, 0.2) is 92.8 Å². The predicted molar refractivity (Wildman–Crippen MR) is 135 cm³/mol. The second-order valence-corrected chi connectivity index (χ2v) is 10.8. The third-order valence-corrected chi connectivity index (χ3v) is 7.78. The smallest absolute Gasteiger partial charge is 0.277 e. The molecule has 5 rings (SSSR count). The fraction of sp³-hybridized carbons (Fsp3) is 0.120. The number of halogens is 1. The molecule has 0 unspecified atom stereocenters. The van der Waals surface area contributed by atoms with Crippen molar-refractivity contribution in [2.45, 2.75) is 17.9 Å². The van der Waals surface area contributed by atoms with Crippen molar-refractivity contribution < 1.29 is 22.5 Å². The molecule has 0 spiro atoms. The number of nitrogens with zero attached hydrogens (tertiary/aromatic N) is 2. The van der Waals surface area contributed by atoms with Crippen LogP contribution in [0, 0.1) is 0 Å². The van der Waals surface area contributed by atoms with Gasteiger partial charge in [0.25, 0.3) is 15.9 Å². The number of benzene rings is 3. The van der Waals surface area contributed by atoms with Crippen LogP contribution in [0.1, 0.15) is 17.4 Å². The number of amides is 1. The zero-order chi connectivity index (χ0) is 24.6. The Morgan fingerprint density at radius 2 is 1.77 bits per heavy atom. The molecule has 35 heavy (non-hydrogen) atoms. The van der Waals surface area contributed by atoms with E-state index in [0.29, 0.717) is 22.9 Å². The van der Waals surface area contributed by atoms with Crippen LogP contribution in [0.2, 0.25) is 0 Å². The minimum Gasteiger partial charge on any atom is -0.487 e. The Hall–Kier alpha value is -3.63. The summed E-state index contributed by atoms with van der Waals surface area (Å²) < 4.78 is 40.1. The molecule has 1 amide bonds. The Balaban J connectivity index is 1.32. The summed E-state index contributed by atoms with van der Waals surface area (Å²) in [5.74, 6) is 0.515. The monoisotopic (exact) mass is 553 g/mol. The molecule has 8 nitrogen and oxygen atoms in total. The van der Waals surface area contributed by atoms with Crippen LogP contribution in [-0.2, 0) is 10.0 Å². The largest absolute Gasteiger partial charge is 0.487 e. The molecule has 1 N–H and O–H groups in total. The van der Waals surface area contributed by atoms with Crippen LogP contribution in [0.3, 0.4) is 0 Å². The molecule has 0 bridgehead atoms. The van der Waals surface area contributed by atoms with E-state index in [0.717, 1.165) is 10.0 Å². The number of rotatable bonds is 5. The Morgan fingerprint density at radius 1 is 1.06 bits per heavy atom. The summed E-state index contributed by atoms with van der Waals surface area (Å²) in [6.07, 6.45) is -0.289. The Morgan fingerprint density at radius 3 is 2.51 bits per heavy atom. The third kappa shape index (κ3) is 4.67. The van der Waals surface area contributed by atoms with Crippen molar-refractivity contribution in [3.63, 3.8) is 0 Å². The number of carbonyl (C=O) groups excluding carboxylic acids is 1. The summed E-state index contributed by atoms with van der Waals surface area (Å²) in [7, 11) is -3.83. The lowest BCUT2D eigenvalue weighted by Gasteiger charge is -2.34. The summed E-state index contributed by atoms with van der Waals surface area (Å²) in [5.41, 5.74) is 1.82. The highest BCUT2D eigenvalue weighted by atomic mass is 79.9. The molecule has 0 saturated heterocycles. The SMILES string of the molecule is C[C@@H]1CN(S(=O)(=O)c2ccc(NC(=O)c3cc(-c4ccc(Br)cc4)on3)cc2)c2ccccc2O1. The average molecular weight is 554 g/mol. The van der Waals surface area contributed by atoms with Gasteiger partial charge in [0.15, 0.2) is 11.5 Å². The van der Waals surface area contributed by atoms with Gasteiger partial charge < -0.3 is 14.6 Å². The number of ether oxygens (including phenoxy) is 1. The second kappa shape index (κ2) is 9.20. The summed E-state index contributed by atoms with van der Waals surface area (Å²) in [5, 5.41) is 6.56. The fourth-order valence-electron chi connectivity index (χ4n) is 3.74. The highest BCUT2D eigenvalue weighted by Gasteiger charge is 2.32. The van der Waals surface area contributed by atoms with Crippen LogP contribution in [0.4, 0.5) is 11.4 Å². The lowest BCUT2D eigenvalue weighted by molar-refractivity contribution is 0.101. The number of anilines is 2. The number of fused-ring (bicyclic) bond motifs is 1. The van der Waals surface area contributed by atoms with Crippen LogP contribution in [0.5, 0.6) is 5.75 Å². The van der Waals surface area contributed by atoms with Gasteiger partial charge >= 0.3 is 0 Å². The molecular weight excluding hydrogens is 534 g/mol.